The van der Waals surface area contributed by atoms with Crippen molar-refractivity contribution in [1.29, 1.82) is 0 Å². The minimum Gasteiger partial charge on any atom is -0.355 e. The van der Waals surface area contributed by atoms with Crippen LogP contribution in [-0.4, -0.2) is 71.3 Å². The predicted molar refractivity (Wildman–Crippen MR) is 102 cm³/mol. The number of amides is 4. The summed E-state index contributed by atoms with van der Waals surface area (Å²) in [4.78, 5) is 65.1. The summed E-state index contributed by atoms with van der Waals surface area (Å²) >= 11 is 0. The molecule has 0 radical (unpaired) electrons. The Labute approximate surface area is 170 Å². The maximum atomic E-state index is 12.1. The molecule has 2 N–H and O–H groups in total. The van der Waals surface area contributed by atoms with Gasteiger partial charge in [-0.05, 0) is 26.7 Å². The number of rotatable bonds is 9. The van der Waals surface area contributed by atoms with Crippen molar-refractivity contribution >= 4 is 29.6 Å². The second-order valence-corrected chi connectivity index (χ2v) is 7.55. The number of nitrogens with one attached hydrogen (secondary N) is 2. The number of hydroxylamine groups is 2. The second-order valence-electron chi connectivity index (χ2n) is 7.55. The topological polar surface area (TPSA) is 125 Å². The molecule has 0 aromatic carbocycles. The standard InChI is InChI=1S/C19H30N4O6/c1-13-4-3-5-14(2)22(13)12-16(25)21-10-8-15(24)20-11-9-19(28)29-23-17(26)6-7-18(23)27/h13-14H,3-12H2,1-2H3,(H,20,24)(H,21,25)/i8+1,10+1,15+1,16+1,19+1,20+1. The maximum Gasteiger partial charge on any atom is 0.334 e. The van der Waals surface area contributed by atoms with E-state index in [1.165, 1.54) is 6.42 Å². The van der Waals surface area contributed by atoms with Gasteiger partial charge < -0.3 is 15.5 Å². The highest BCUT2D eigenvalue weighted by Gasteiger charge is 2.32. The highest BCUT2D eigenvalue weighted by Crippen LogP contribution is 2.21. The van der Waals surface area contributed by atoms with E-state index < -0.39 is 17.8 Å². The molecule has 2 rings (SSSR count). The lowest BCUT2D eigenvalue weighted by Gasteiger charge is -2.38. The van der Waals surface area contributed by atoms with E-state index in [2.05, 4.69) is 29.4 Å². The first-order chi connectivity index (χ1) is 13.8. The molecule has 0 spiro atoms. The number of carbonyl (C=O) groups is 5. The van der Waals surface area contributed by atoms with Crippen molar-refractivity contribution in [2.75, 3.05) is 19.6 Å². The summed E-state index contributed by atoms with van der Waals surface area (Å²) in [5, 5.41) is 5.76. The maximum absolute atomic E-state index is 12.1. The first-order valence-corrected chi connectivity index (χ1v) is 10.1. The molecule has 0 saturated carbocycles. The fourth-order valence-corrected chi connectivity index (χ4v) is 3.52. The summed E-state index contributed by atoms with van der Waals surface area (Å²) in [7, 11) is 0. The van der Waals surface area contributed by atoms with Gasteiger partial charge in [-0.1, -0.05) is 6.42 Å². The Bertz CT molecular complexity index is 627. The van der Waals surface area contributed by atoms with Crippen LogP contribution < -0.4 is 10.6 Å². The summed E-state index contributed by atoms with van der Waals surface area (Å²) in [6.07, 6.45) is 3.34. The molecule has 10 nitrogen and oxygen atoms in total. The van der Waals surface area contributed by atoms with Gasteiger partial charge in [0.2, 0.25) is 11.8 Å². The smallest absolute Gasteiger partial charge is 0.334 e. The highest BCUT2D eigenvalue weighted by atomic mass is 16.8. The Hall–Kier alpha value is -2.49. The van der Waals surface area contributed by atoms with Crippen molar-refractivity contribution in [2.45, 2.75) is 70.9 Å². The van der Waals surface area contributed by atoms with Crippen molar-refractivity contribution < 1.29 is 28.8 Å². The van der Waals surface area contributed by atoms with Crippen LogP contribution in [0.15, 0.2) is 0 Å². The van der Waals surface area contributed by atoms with Gasteiger partial charge in [-0.25, -0.2) is 4.79 Å². The molecule has 4 amide bonds. The lowest BCUT2D eigenvalue weighted by Crippen LogP contribution is -2.49. The molecule has 2 heterocycles. The van der Waals surface area contributed by atoms with Gasteiger partial charge in [0.15, 0.2) is 0 Å². The van der Waals surface area contributed by atoms with Gasteiger partial charge in [-0.2, -0.15) is 0 Å². The third-order valence-electron chi connectivity index (χ3n) is 5.23. The van der Waals surface area contributed by atoms with E-state index in [4.69, 9.17) is 4.84 Å². The van der Waals surface area contributed by atoms with E-state index in [0.29, 0.717) is 23.7 Å². The fraction of sp³-hybridized carbons (Fsp3) is 0.737. The van der Waals surface area contributed by atoms with Gasteiger partial charge >= 0.3 is 5.97 Å². The molecule has 2 atom stereocenters. The minimum absolute atomic E-state index is 0.0185. The Morgan fingerprint density at radius 2 is 1.48 bits per heavy atom. The molecule has 2 fully saturated rings. The van der Waals surface area contributed by atoms with E-state index in [1.807, 2.05) is 0 Å². The average molecular weight is 416 g/mol. The van der Waals surface area contributed by atoms with Gasteiger partial charge in [0.05, 0.1) is 13.0 Å². The van der Waals surface area contributed by atoms with Crippen LogP contribution in [0.1, 0.15) is 58.8 Å². The van der Waals surface area contributed by atoms with E-state index in [0.717, 1.165) is 12.8 Å². The molecule has 2 aliphatic heterocycles. The van der Waals surface area contributed by atoms with Crippen molar-refractivity contribution in [1.82, 2.24) is 20.6 Å². The average Bonchev–Trinajstić information content (AvgIpc) is 2.97. The summed E-state index contributed by atoms with van der Waals surface area (Å²) in [6.45, 7) is 4.80. The fourth-order valence-electron chi connectivity index (χ4n) is 3.52. The van der Waals surface area contributed by atoms with Gasteiger partial charge in [-0.15, -0.1) is 5.06 Å². The van der Waals surface area contributed by atoms with Crippen LogP contribution in [0.2, 0.25) is 0 Å². The van der Waals surface area contributed by atoms with Crippen LogP contribution in [0.25, 0.3) is 0 Å². The van der Waals surface area contributed by atoms with Crippen LogP contribution in [0.3, 0.4) is 0 Å². The third-order valence-corrected chi connectivity index (χ3v) is 5.23. The van der Waals surface area contributed by atoms with E-state index in [1.54, 1.807) is 0 Å². The molecule has 2 unspecified atom stereocenters. The van der Waals surface area contributed by atoms with Crippen molar-refractivity contribution in [3.05, 3.63) is 0 Å². The molecule has 0 aliphatic carbocycles. The molecule has 0 bridgehead atoms. The zero-order chi connectivity index (χ0) is 21.4. The summed E-state index contributed by atoms with van der Waals surface area (Å²) in [5.41, 5.74) is 0. The SMILES string of the molecule is CC1CCCC(C)N1C[13C](=O)N[13CH2][13CH2][13C](=O)[15NH]CC[13C](=O)ON1C(=O)CCC1=O. The molecule has 0 aromatic heterocycles. The number of likely N-dealkylation sites (tertiary alicyclic amines) is 1. The molecule has 0 aromatic rings. The van der Waals surface area contributed by atoms with Crippen LogP contribution in [0, 0.1) is 0 Å². The highest BCUT2D eigenvalue weighted by molar-refractivity contribution is 6.01. The Kier molecular flexibility index (Phi) is 8.56. The van der Waals surface area contributed by atoms with Gasteiger partial charge in [0.25, 0.3) is 11.8 Å². The van der Waals surface area contributed by atoms with E-state index >= 15 is 0 Å². The van der Waals surface area contributed by atoms with Gasteiger partial charge in [0, 0.05) is 44.4 Å². The lowest BCUT2D eigenvalue weighted by molar-refractivity contribution is -0.197. The molecular weight excluding hydrogens is 386 g/mol. The Morgan fingerprint density at radius 1 is 0.931 bits per heavy atom. The number of carbonyl (C=O) groups excluding carboxylic acids is 5. The monoisotopic (exact) mass is 416 g/mol. The van der Waals surface area contributed by atoms with E-state index in [9.17, 15) is 24.0 Å². The largest absolute Gasteiger partial charge is 0.355 e. The number of nitrogens with zero attached hydrogens (tertiary/aromatic N) is 2. The Balaban J connectivity index is 1.56. The normalized spacial score (nSPS) is 22.5. The molecule has 162 valence electrons. The first kappa shape index (κ1) is 22.8. The van der Waals surface area contributed by atoms with Crippen molar-refractivity contribution in [3.63, 3.8) is 0 Å². The molecule has 10 heteroatoms. The number of piperidine rings is 1. The number of hydrogen-bond donors (Lipinski definition) is 2. The minimum atomic E-state index is -0.771. The Morgan fingerprint density at radius 3 is 2.10 bits per heavy atom. The molecule has 2 aliphatic rings. The summed E-state index contributed by atoms with van der Waals surface area (Å²) < 4.78 is 0. The molecule has 2 saturated heterocycles. The zero-order valence-electron chi connectivity index (χ0n) is 17.1. The van der Waals surface area contributed by atoms with Gasteiger partial charge in [0.1, 0.15) is 0 Å². The summed E-state index contributed by atoms with van der Waals surface area (Å²) in [6, 6.07) is 0.748. The number of imide groups is 1. The molecule has 29 heavy (non-hydrogen) atoms. The second kappa shape index (κ2) is 10.9. The van der Waals surface area contributed by atoms with Crippen molar-refractivity contribution in [2.24, 2.45) is 0 Å². The molecular formula is C19H30N4O6. The van der Waals surface area contributed by atoms with Crippen LogP contribution in [0.5, 0.6) is 0 Å². The predicted octanol–water partition coefficient (Wildman–Crippen LogP) is -0.131. The van der Waals surface area contributed by atoms with E-state index in [-0.39, 0.29) is 50.6 Å². The quantitative estimate of drug-likeness (QED) is 0.305. The van der Waals surface area contributed by atoms with Crippen LogP contribution in [-0.2, 0) is 28.8 Å². The number of hydrogen-bond acceptors (Lipinski definition) is 7. The van der Waals surface area contributed by atoms with Gasteiger partial charge in [-0.3, -0.25) is 24.1 Å². The van der Waals surface area contributed by atoms with Crippen LogP contribution >= 0.6 is 0 Å². The summed E-state index contributed by atoms with van der Waals surface area (Å²) in [5.74, 6) is -2.28. The lowest BCUT2D eigenvalue weighted by atomic mass is 9.98. The zero-order valence-corrected chi connectivity index (χ0v) is 17.1. The van der Waals surface area contributed by atoms with Crippen molar-refractivity contribution in [3.8, 4) is 0 Å². The first-order valence-electron chi connectivity index (χ1n) is 10.1. The van der Waals surface area contributed by atoms with Crippen LogP contribution in [0.4, 0.5) is 0 Å². The third kappa shape index (κ3) is 7.12.